The van der Waals surface area contributed by atoms with Crippen molar-refractivity contribution in [2.24, 2.45) is 0 Å². The second-order valence-corrected chi connectivity index (χ2v) is 4.71. The van der Waals surface area contributed by atoms with Crippen LogP contribution in [0, 0.1) is 0 Å². The summed E-state index contributed by atoms with van der Waals surface area (Å²) in [4.78, 5) is 21.7. The maximum Gasteiger partial charge on any atom is 0.330 e. The largest absolute Gasteiger partial charge is 0.512 e. The average Bonchev–Trinajstić information content (AvgIpc) is 2.61. The summed E-state index contributed by atoms with van der Waals surface area (Å²) < 4.78 is 5.05. The van der Waals surface area contributed by atoms with Crippen LogP contribution < -0.4 is 4.74 Å². The number of rotatable bonds is 5. The maximum atomic E-state index is 12.1. The second kappa shape index (κ2) is 9.63. The van der Waals surface area contributed by atoms with Crippen molar-refractivity contribution in [3.05, 3.63) is 90.4 Å². The fraction of sp³-hybridized carbons (Fsp3) is 0.0526. The van der Waals surface area contributed by atoms with Gasteiger partial charge in [0.15, 0.2) is 5.78 Å². The minimum Gasteiger partial charge on any atom is -0.512 e. The summed E-state index contributed by atoms with van der Waals surface area (Å²) in [6, 6.07) is 15.8. The minimum absolute atomic E-state index is 0.0279. The molecule has 0 bridgehead atoms. The van der Waals surface area contributed by atoms with Gasteiger partial charge in [-0.2, -0.15) is 0 Å². The molecule has 0 aliphatic heterocycles. The molecule has 2 rings (SSSR count). The predicted octanol–water partition coefficient (Wildman–Crippen LogP) is 3.97. The molecule has 2 aromatic carbocycles. The van der Waals surface area contributed by atoms with E-state index in [1.54, 1.807) is 36.4 Å². The number of carboxylic acid groups (broad SMARTS) is 1. The van der Waals surface area contributed by atoms with Gasteiger partial charge in [-0.25, -0.2) is 4.79 Å². The molecule has 5 nitrogen and oxygen atoms in total. The van der Waals surface area contributed by atoms with Gasteiger partial charge in [-0.1, -0.05) is 36.9 Å². The van der Waals surface area contributed by atoms with Gasteiger partial charge in [0.05, 0.1) is 0 Å². The van der Waals surface area contributed by atoms with E-state index in [9.17, 15) is 9.59 Å². The zero-order valence-corrected chi connectivity index (χ0v) is 13.2. The van der Waals surface area contributed by atoms with Gasteiger partial charge in [0, 0.05) is 16.7 Å². The molecule has 0 amide bonds. The fourth-order valence-corrected chi connectivity index (χ4v) is 1.55. The van der Waals surface area contributed by atoms with Gasteiger partial charge in [0.1, 0.15) is 18.3 Å². The molecule has 0 saturated carbocycles. The lowest BCUT2D eigenvalue weighted by Gasteiger charge is -2.03. The highest BCUT2D eigenvalue weighted by Gasteiger charge is 2.07. The fourth-order valence-electron chi connectivity index (χ4n) is 1.55. The lowest BCUT2D eigenvalue weighted by atomic mass is 10.0. The summed E-state index contributed by atoms with van der Waals surface area (Å²) in [5.74, 6) is -0.403. The first-order valence-corrected chi connectivity index (χ1v) is 7.00. The van der Waals surface area contributed by atoms with Crippen molar-refractivity contribution < 1.29 is 24.5 Å². The number of aliphatic hydroxyl groups excluding tert-OH is 1. The van der Waals surface area contributed by atoms with Gasteiger partial charge in [-0.15, -0.1) is 0 Å². The van der Waals surface area contributed by atoms with Crippen molar-refractivity contribution in [2.75, 3.05) is 0 Å². The third-order valence-corrected chi connectivity index (χ3v) is 2.78. The SMILES string of the molecule is C=C(C)C(=O)O.O=C(c1ccccc1)c1ccc(OC=CO)cc1. The average molecular weight is 326 g/mol. The number of ketones is 1. The van der Waals surface area contributed by atoms with Crippen molar-refractivity contribution in [3.8, 4) is 5.75 Å². The lowest BCUT2D eigenvalue weighted by Crippen LogP contribution is -2.00. The van der Waals surface area contributed by atoms with Crippen LogP contribution in [-0.2, 0) is 4.79 Å². The van der Waals surface area contributed by atoms with Crippen LogP contribution in [0.5, 0.6) is 5.75 Å². The lowest BCUT2D eigenvalue weighted by molar-refractivity contribution is -0.132. The summed E-state index contributed by atoms with van der Waals surface area (Å²) in [7, 11) is 0. The van der Waals surface area contributed by atoms with Crippen LogP contribution in [0.4, 0.5) is 0 Å². The Hall–Kier alpha value is -3.34. The molecule has 0 atom stereocenters. The topological polar surface area (TPSA) is 83.8 Å². The van der Waals surface area contributed by atoms with E-state index in [0.29, 0.717) is 16.9 Å². The number of hydrogen-bond acceptors (Lipinski definition) is 4. The van der Waals surface area contributed by atoms with Gasteiger partial charge in [-0.05, 0) is 31.2 Å². The van der Waals surface area contributed by atoms with Crippen molar-refractivity contribution in [3.63, 3.8) is 0 Å². The van der Waals surface area contributed by atoms with Crippen LogP contribution in [0.15, 0.2) is 79.3 Å². The minimum atomic E-state index is -0.935. The summed E-state index contributed by atoms with van der Waals surface area (Å²) in [6.07, 6.45) is 1.97. The highest BCUT2D eigenvalue weighted by atomic mass is 16.5. The molecular formula is C19H18O5. The standard InChI is InChI=1S/C15H12O3.C4H6O2/c16-10-11-18-14-8-6-13(7-9-14)15(17)12-4-2-1-3-5-12;1-3(2)4(5)6/h1-11,16H;1H2,2H3,(H,5,6). The molecule has 2 N–H and O–H groups in total. The van der Waals surface area contributed by atoms with Gasteiger partial charge in [0.25, 0.3) is 0 Å². The van der Waals surface area contributed by atoms with E-state index < -0.39 is 5.97 Å². The molecule has 0 fully saturated rings. The van der Waals surface area contributed by atoms with Crippen LogP contribution in [-0.4, -0.2) is 22.0 Å². The van der Waals surface area contributed by atoms with Crippen molar-refractivity contribution in [2.45, 2.75) is 6.92 Å². The van der Waals surface area contributed by atoms with Gasteiger partial charge >= 0.3 is 5.97 Å². The Morgan fingerprint density at radius 2 is 1.50 bits per heavy atom. The van der Waals surface area contributed by atoms with E-state index in [2.05, 4.69) is 6.58 Å². The first-order chi connectivity index (χ1) is 11.5. The van der Waals surface area contributed by atoms with Crippen LogP contribution in [0.25, 0.3) is 0 Å². The molecule has 0 saturated heterocycles. The zero-order chi connectivity index (χ0) is 17.9. The zero-order valence-electron chi connectivity index (χ0n) is 13.2. The molecule has 124 valence electrons. The molecule has 2 aromatic rings. The first-order valence-electron chi connectivity index (χ1n) is 7.00. The van der Waals surface area contributed by atoms with Crippen molar-refractivity contribution >= 4 is 11.8 Å². The summed E-state index contributed by atoms with van der Waals surface area (Å²) in [5, 5.41) is 16.4. The Bertz CT molecular complexity index is 703. The third kappa shape index (κ3) is 6.19. The van der Waals surface area contributed by atoms with Crippen LogP contribution in [0.1, 0.15) is 22.8 Å². The quantitative estimate of drug-likeness (QED) is 0.493. The highest BCUT2D eigenvalue weighted by molar-refractivity contribution is 6.08. The smallest absolute Gasteiger partial charge is 0.330 e. The van der Waals surface area contributed by atoms with E-state index in [-0.39, 0.29) is 11.4 Å². The summed E-state index contributed by atoms with van der Waals surface area (Å²) >= 11 is 0. The van der Waals surface area contributed by atoms with E-state index in [1.807, 2.05) is 18.2 Å². The number of hydrogen-bond donors (Lipinski definition) is 2. The molecule has 0 unspecified atom stereocenters. The molecule has 0 heterocycles. The van der Waals surface area contributed by atoms with Gasteiger partial charge in [0.2, 0.25) is 0 Å². The maximum absolute atomic E-state index is 12.1. The first kappa shape index (κ1) is 18.7. The van der Waals surface area contributed by atoms with E-state index >= 15 is 0 Å². The molecule has 0 aliphatic rings. The number of aliphatic carboxylic acids is 1. The number of benzene rings is 2. The van der Waals surface area contributed by atoms with E-state index in [0.717, 1.165) is 12.5 Å². The Kier molecular flexibility index (Phi) is 7.51. The van der Waals surface area contributed by atoms with Gasteiger partial charge in [-0.3, -0.25) is 4.79 Å². The Morgan fingerprint density at radius 3 is 1.96 bits per heavy atom. The van der Waals surface area contributed by atoms with Crippen LogP contribution >= 0.6 is 0 Å². The second-order valence-electron chi connectivity index (χ2n) is 4.71. The summed E-state index contributed by atoms with van der Waals surface area (Å²) in [6.45, 7) is 4.60. The molecule has 0 radical (unpaired) electrons. The monoisotopic (exact) mass is 326 g/mol. The van der Waals surface area contributed by atoms with E-state index in [1.165, 1.54) is 6.92 Å². The van der Waals surface area contributed by atoms with Crippen molar-refractivity contribution in [1.82, 2.24) is 0 Å². The Morgan fingerprint density at radius 1 is 1.00 bits per heavy atom. The molecule has 5 heteroatoms. The molecule has 0 aromatic heterocycles. The molecule has 24 heavy (non-hydrogen) atoms. The molecular weight excluding hydrogens is 308 g/mol. The number of ether oxygens (including phenoxy) is 1. The number of carbonyl (C=O) groups is 2. The number of aliphatic hydroxyl groups is 1. The van der Waals surface area contributed by atoms with Crippen molar-refractivity contribution in [1.29, 1.82) is 0 Å². The van der Waals surface area contributed by atoms with E-state index in [4.69, 9.17) is 14.9 Å². The normalized spacial score (nSPS) is 9.71. The Labute approximate surface area is 140 Å². The third-order valence-electron chi connectivity index (χ3n) is 2.78. The Balaban J connectivity index is 0.000000413. The molecule has 0 aliphatic carbocycles. The number of carbonyl (C=O) groups excluding carboxylic acids is 1. The number of carboxylic acids is 1. The van der Waals surface area contributed by atoms with Crippen LogP contribution in [0.3, 0.4) is 0 Å². The predicted molar refractivity (Wildman–Crippen MR) is 91.2 cm³/mol. The van der Waals surface area contributed by atoms with Crippen LogP contribution in [0.2, 0.25) is 0 Å². The van der Waals surface area contributed by atoms with Gasteiger partial charge < -0.3 is 14.9 Å². The molecule has 0 spiro atoms. The highest BCUT2D eigenvalue weighted by Crippen LogP contribution is 2.15. The summed E-state index contributed by atoms with van der Waals surface area (Å²) in [5.41, 5.74) is 1.43.